The molecule has 0 aromatic heterocycles. The van der Waals surface area contributed by atoms with Gasteiger partial charge in [0.1, 0.15) is 0 Å². The first kappa shape index (κ1) is 12.2. The van der Waals surface area contributed by atoms with Crippen LogP contribution in [0.4, 0.5) is 0 Å². The Morgan fingerprint density at radius 1 is 1.27 bits per heavy atom. The van der Waals surface area contributed by atoms with Gasteiger partial charge in [-0.3, -0.25) is 4.79 Å². The van der Waals surface area contributed by atoms with Gasteiger partial charge in [0.25, 0.3) is 0 Å². The smallest absolute Gasteiger partial charge is 0.180 e. The number of carbonyl (C=O) groups excluding carboxylic acids is 1. The molecule has 0 spiro atoms. The van der Waals surface area contributed by atoms with Gasteiger partial charge >= 0.3 is 0 Å². The van der Waals surface area contributed by atoms with E-state index in [1.165, 1.54) is 24.3 Å². The first-order valence-electron chi connectivity index (χ1n) is 4.31. The Kier molecular flexibility index (Phi) is 3.52. The van der Waals surface area contributed by atoms with E-state index in [1.807, 2.05) is 0 Å². The summed E-state index contributed by atoms with van der Waals surface area (Å²) in [5.74, 6) is -0.211. The molecule has 0 radical (unpaired) electrons. The Labute approximate surface area is 94.0 Å². The van der Waals surface area contributed by atoms with Gasteiger partial charge in [0.15, 0.2) is 15.6 Å². The zero-order valence-corrected chi connectivity index (χ0v) is 9.97. The summed E-state index contributed by atoms with van der Waals surface area (Å²) in [6.07, 6.45) is 1.12. The van der Waals surface area contributed by atoms with Crippen molar-refractivity contribution in [3.8, 4) is 0 Å². The van der Waals surface area contributed by atoms with Crippen molar-refractivity contribution >= 4 is 27.2 Å². The van der Waals surface area contributed by atoms with Crippen molar-refractivity contribution in [3.63, 3.8) is 0 Å². The normalized spacial score (nSPS) is 13.5. The number of ketones is 1. The van der Waals surface area contributed by atoms with Gasteiger partial charge < -0.3 is 0 Å². The van der Waals surface area contributed by atoms with Crippen LogP contribution in [0.3, 0.4) is 0 Å². The number of Topliss-reactive ketones (excluding diaryl/α,β-unsaturated/α-hetero) is 1. The van der Waals surface area contributed by atoms with Crippen LogP contribution in [-0.2, 0) is 9.84 Å². The zero-order valence-electron chi connectivity index (χ0n) is 8.40. The predicted molar refractivity (Wildman–Crippen MR) is 59.2 cm³/mol. The van der Waals surface area contributed by atoms with Crippen LogP contribution in [0, 0.1) is 0 Å². The molecule has 82 valence electrons. The third-order valence-electron chi connectivity index (χ3n) is 1.93. The number of carbonyl (C=O) groups is 1. The standard InChI is InChI=1S/C10H11ClO3S/c1-7(11)10(12)8-3-5-9(6-4-8)15(2,13)14/h3-7H,1-2H3. The monoisotopic (exact) mass is 246 g/mol. The minimum Gasteiger partial charge on any atom is -0.293 e. The Morgan fingerprint density at radius 2 is 1.73 bits per heavy atom. The molecule has 5 heteroatoms. The maximum atomic E-state index is 11.4. The second kappa shape index (κ2) is 4.33. The fourth-order valence-electron chi connectivity index (χ4n) is 1.10. The number of halogens is 1. The van der Waals surface area contributed by atoms with Crippen LogP contribution in [0.5, 0.6) is 0 Å². The van der Waals surface area contributed by atoms with E-state index < -0.39 is 15.2 Å². The van der Waals surface area contributed by atoms with Crippen LogP contribution in [0.1, 0.15) is 17.3 Å². The van der Waals surface area contributed by atoms with Crippen molar-refractivity contribution in [1.29, 1.82) is 0 Å². The first-order chi connectivity index (χ1) is 6.82. The summed E-state index contributed by atoms with van der Waals surface area (Å²) in [7, 11) is -3.21. The zero-order chi connectivity index (χ0) is 11.6. The van der Waals surface area contributed by atoms with E-state index in [2.05, 4.69) is 0 Å². The topological polar surface area (TPSA) is 51.2 Å². The summed E-state index contributed by atoms with van der Waals surface area (Å²) in [6, 6.07) is 5.75. The lowest BCUT2D eigenvalue weighted by atomic mass is 10.1. The molecular weight excluding hydrogens is 236 g/mol. The fourth-order valence-corrected chi connectivity index (χ4v) is 1.85. The van der Waals surface area contributed by atoms with E-state index in [9.17, 15) is 13.2 Å². The van der Waals surface area contributed by atoms with Crippen LogP contribution < -0.4 is 0 Å². The maximum absolute atomic E-state index is 11.4. The highest BCUT2D eigenvalue weighted by Gasteiger charge is 2.13. The number of alkyl halides is 1. The highest BCUT2D eigenvalue weighted by molar-refractivity contribution is 7.90. The van der Waals surface area contributed by atoms with Gasteiger partial charge in [0.05, 0.1) is 10.3 Å². The molecule has 15 heavy (non-hydrogen) atoms. The van der Waals surface area contributed by atoms with Gasteiger partial charge in [-0.05, 0) is 19.1 Å². The van der Waals surface area contributed by atoms with Crippen molar-refractivity contribution in [2.75, 3.05) is 6.26 Å². The lowest BCUT2D eigenvalue weighted by Gasteiger charge is -2.03. The number of rotatable bonds is 3. The van der Waals surface area contributed by atoms with Crippen LogP contribution in [0.15, 0.2) is 29.2 Å². The molecule has 0 aliphatic heterocycles. The third kappa shape index (κ3) is 3.04. The second-order valence-electron chi connectivity index (χ2n) is 3.28. The lowest BCUT2D eigenvalue weighted by Crippen LogP contribution is -2.10. The molecule has 0 amide bonds. The quantitative estimate of drug-likeness (QED) is 0.605. The van der Waals surface area contributed by atoms with Crippen LogP contribution in [-0.4, -0.2) is 25.8 Å². The number of hydrogen-bond acceptors (Lipinski definition) is 3. The van der Waals surface area contributed by atoms with E-state index in [1.54, 1.807) is 6.92 Å². The Balaban J connectivity index is 3.06. The van der Waals surface area contributed by atoms with Gasteiger partial charge in [-0.1, -0.05) is 12.1 Å². The summed E-state index contributed by atoms with van der Waals surface area (Å²) in [5, 5.41) is -0.603. The molecule has 1 rings (SSSR count). The molecule has 0 N–H and O–H groups in total. The van der Waals surface area contributed by atoms with Crippen molar-refractivity contribution in [1.82, 2.24) is 0 Å². The van der Waals surface area contributed by atoms with E-state index >= 15 is 0 Å². The summed E-state index contributed by atoms with van der Waals surface area (Å²) in [4.78, 5) is 11.6. The van der Waals surface area contributed by atoms with Crippen LogP contribution in [0.2, 0.25) is 0 Å². The Bertz CT molecular complexity index is 460. The third-order valence-corrected chi connectivity index (χ3v) is 3.25. The maximum Gasteiger partial charge on any atom is 0.180 e. The van der Waals surface area contributed by atoms with Gasteiger partial charge in [0.2, 0.25) is 0 Å². The lowest BCUT2D eigenvalue weighted by molar-refractivity contribution is 0.0991. The molecule has 0 saturated heterocycles. The van der Waals surface area contributed by atoms with Crippen molar-refractivity contribution in [2.24, 2.45) is 0 Å². The molecule has 1 unspecified atom stereocenters. The Hall–Kier alpha value is -0.870. The van der Waals surface area contributed by atoms with E-state index in [-0.39, 0.29) is 10.7 Å². The summed E-state index contributed by atoms with van der Waals surface area (Å²) in [5.41, 5.74) is 0.421. The van der Waals surface area contributed by atoms with Gasteiger partial charge in [-0.15, -0.1) is 11.6 Å². The van der Waals surface area contributed by atoms with E-state index in [4.69, 9.17) is 11.6 Å². The van der Waals surface area contributed by atoms with Crippen LogP contribution in [0.25, 0.3) is 0 Å². The van der Waals surface area contributed by atoms with Gasteiger partial charge in [-0.25, -0.2) is 8.42 Å². The first-order valence-corrected chi connectivity index (χ1v) is 6.63. The minimum atomic E-state index is -3.21. The SMILES string of the molecule is CC(Cl)C(=O)c1ccc(S(C)(=O)=O)cc1. The van der Waals surface area contributed by atoms with Crippen molar-refractivity contribution in [2.45, 2.75) is 17.2 Å². The molecule has 0 aliphatic rings. The number of hydrogen-bond donors (Lipinski definition) is 0. The summed E-state index contributed by atoms with van der Waals surface area (Å²) >= 11 is 5.62. The van der Waals surface area contributed by atoms with Gasteiger partial charge in [-0.2, -0.15) is 0 Å². The number of sulfone groups is 1. The largest absolute Gasteiger partial charge is 0.293 e. The van der Waals surface area contributed by atoms with Crippen LogP contribution >= 0.6 is 11.6 Å². The average molecular weight is 247 g/mol. The molecule has 1 aromatic carbocycles. The van der Waals surface area contributed by atoms with E-state index in [0.29, 0.717) is 5.56 Å². The molecular formula is C10H11ClO3S. The molecule has 0 heterocycles. The summed E-state index contributed by atoms with van der Waals surface area (Å²) in [6.45, 7) is 1.58. The average Bonchev–Trinajstić information content (AvgIpc) is 2.15. The molecule has 1 atom stereocenters. The molecule has 0 bridgehead atoms. The van der Waals surface area contributed by atoms with Gasteiger partial charge in [0, 0.05) is 11.8 Å². The highest BCUT2D eigenvalue weighted by atomic mass is 35.5. The highest BCUT2D eigenvalue weighted by Crippen LogP contribution is 2.13. The number of benzene rings is 1. The summed E-state index contributed by atoms with van der Waals surface area (Å²) < 4.78 is 22.3. The molecule has 0 saturated carbocycles. The molecule has 3 nitrogen and oxygen atoms in total. The predicted octanol–water partition coefficient (Wildman–Crippen LogP) is 1.90. The molecule has 1 aromatic rings. The molecule has 0 fully saturated rings. The van der Waals surface area contributed by atoms with E-state index in [0.717, 1.165) is 6.26 Å². The van der Waals surface area contributed by atoms with Crippen molar-refractivity contribution < 1.29 is 13.2 Å². The molecule has 0 aliphatic carbocycles. The fraction of sp³-hybridized carbons (Fsp3) is 0.300. The minimum absolute atomic E-state index is 0.196. The Morgan fingerprint density at radius 3 is 2.07 bits per heavy atom. The second-order valence-corrected chi connectivity index (χ2v) is 5.95. The van der Waals surface area contributed by atoms with Crippen molar-refractivity contribution in [3.05, 3.63) is 29.8 Å².